The monoisotopic (exact) mass is 253 g/mol. The molecule has 2 aliphatic rings. The first-order chi connectivity index (χ1) is 8.72. The first kappa shape index (κ1) is 13.8. The van der Waals surface area contributed by atoms with Gasteiger partial charge in [-0.15, -0.1) is 0 Å². The standard InChI is InChI=1S/C14H27N3O/c1-16-9-4-5-12-11-17(10-7-13(12)16)14(18)6-2-3-8-15/h12-13H,2-11,15H2,1H3. The van der Waals surface area contributed by atoms with Crippen molar-refractivity contribution >= 4 is 5.91 Å². The average molecular weight is 253 g/mol. The molecule has 2 aliphatic heterocycles. The summed E-state index contributed by atoms with van der Waals surface area (Å²) in [4.78, 5) is 16.7. The Hall–Kier alpha value is -0.610. The fourth-order valence-corrected chi connectivity index (χ4v) is 3.46. The number of nitrogens with zero attached hydrogens (tertiary/aromatic N) is 2. The van der Waals surface area contributed by atoms with E-state index in [4.69, 9.17) is 5.73 Å². The third-order valence-corrected chi connectivity index (χ3v) is 4.54. The topological polar surface area (TPSA) is 49.6 Å². The second-order valence-corrected chi connectivity index (χ2v) is 5.82. The second kappa shape index (κ2) is 6.53. The van der Waals surface area contributed by atoms with E-state index in [1.54, 1.807) is 0 Å². The van der Waals surface area contributed by atoms with Gasteiger partial charge in [0.05, 0.1) is 0 Å². The van der Waals surface area contributed by atoms with Gasteiger partial charge in [0, 0.05) is 25.6 Å². The summed E-state index contributed by atoms with van der Waals surface area (Å²) in [5, 5.41) is 0. The zero-order chi connectivity index (χ0) is 13.0. The summed E-state index contributed by atoms with van der Waals surface area (Å²) >= 11 is 0. The van der Waals surface area contributed by atoms with Crippen LogP contribution >= 0.6 is 0 Å². The maximum Gasteiger partial charge on any atom is 0.222 e. The normalized spacial score (nSPS) is 29.1. The molecule has 18 heavy (non-hydrogen) atoms. The van der Waals surface area contributed by atoms with Gasteiger partial charge in [-0.05, 0) is 58.2 Å². The van der Waals surface area contributed by atoms with Gasteiger partial charge in [0.1, 0.15) is 0 Å². The van der Waals surface area contributed by atoms with E-state index in [0.29, 0.717) is 30.8 Å². The summed E-state index contributed by atoms with van der Waals surface area (Å²) in [6, 6.07) is 0.715. The van der Waals surface area contributed by atoms with Crippen molar-refractivity contribution in [2.75, 3.05) is 33.2 Å². The van der Waals surface area contributed by atoms with Crippen LogP contribution < -0.4 is 5.73 Å². The highest BCUT2D eigenvalue weighted by atomic mass is 16.2. The molecule has 0 radical (unpaired) electrons. The molecule has 0 aromatic rings. The van der Waals surface area contributed by atoms with E-state index in [2.05, 4.69) is 16.8 Å². The molecule has 0 aromatic carbocycles. The molecule has 2 rings (SSSR count). The van der Waals surface area contributed by atoms with Gasteiger partial charge in [0.15, 0.2) is 0 Å². The van der Waals surface area contributed by atoms with Crippen molar-refractivity contribution in [2.45, 2.75) is 44.6 Å². The van der Waals surface area contributed by atoms with Crippen molar-refractivity contribution in [3.8, 4) is 0 Å². The van der Waals surface area contributed by atoms with Crippen LogP contribution in [0.1, 0.15) is 38.5 Å². The lowest BCUT2D eigenvalue weighted by molar-refractivity contribution is -0.134. The minimum absolute atomic E-state index is 0.343. The summed E-state index contributed by atoms with van der Waals surface area (Å²) in [5.41, 5.74) is 5.47. The first-order valence-corrected chi connectivity index (χ1v) is 7.40. The molecular formula is C14H27N3O. The number of carbonyl (C=O) groups excluding carboxylic acids is 1. The molecule has 0 aliphatic carbocycles. The number of hydrogen-bond acceptors (Lipinski definition) is 3. The average Bonchev–Trinajstić information content (AvgIpc) is 2.39. The predicted molar refractivity (Wildman–Crippen MR) is 73.2 cm³/mol. The largest absolute Gasteiger partial charge is 0.342 e. The highest BCUT2D eigenvalue weighted by Crippen LogP contribution is 2.29. The lowest BCUT2D eigenvalue weighted by Crippen LogP contribution is -2.53. The van der Waals surface area contributed by atoms with E-state index >= 15 is 0 Å². The quantitative estimate of drug-likeness (QED) is 0.762. The summed E-state index contributed by atoms with van der Waals surface area (Å²) in [5.74, 6) is 1.05. The molecule has 1 amide bonds. The Morgan fingerprint density at radius 2 is 2.11 bits per heavy atom. The summed E-state index contributed by atoms with van der Waals surface area (Å²) < 4.78 is 0. The van der Waals surface area contributed by atoms with Crippen LogP contribution in [0.5, 0.6) is 0 Å². The molecule has 104 valence electrons. The van der Waals surface area contributed by atoms with Crippen molar-refractivity contribution in [2.24, 2.45) is 11.7 Å². The van der Waals surface area contributed by atoms with Gasteiger partial charge >= 0.3 is 0 Å². The zero-order valence-electron chi connectivity index (χ0n) is 11.6. The van der Waals surface area contributed by atoms with Crippen molar-refractivity contribution in [3.05, 3.63) is 0 Å². The molecule has 4 heteroatoms. The molecule has 0 saturated carbocycles. The molecule has 2 saturated heterocycles. The van der Waals surface area contributed by atoms with Crippen molar-refractivity contribution in [3.63, 3.8) is 0 Å². The van der Waals surface area contributed by atoms with Crippen LogP contribution in [-0.2, 0) is 4.79 Å². The van der Waals surface area contributed by atoms with E-state index in [0.717, 1.165) is 32.4 Å². The fraction of sp³-hybridized carbons (Fsp3) is 0.929. The highest BCUT2D eigenvalue weighted by Gasteiger charge is 2.35. The summed E-state index contributed by atoms with van der Waals surface area (Å²) in [6.07, 6.45) is 6.33. The zero-order valence-corrected chi connectivity index (χ0v) is 11.6. The Morgan fingerprint density at radius 1 is 1.28 bits per heavy atom. The van der Waals surface area contributed by atoms with Crippen LogP contribution in [0.2, 0.25) is 0 Å². The van der Waals surface area contributed by atoms with Crippen LogP contribution in [0.3, 0.4) is 0 Å². The molecule has 0 aromatic heterocycles. The van der Waals surface area contributed by atoms with Crippen LogP contribution in [0.25, 0.3) is 0 Å². The second-order valence-electron chi connectivity index (χ2n) is 5.82. The van der Waals surface area contributed by atoms with Gasteiger partial charge in [-0.1, -0.05) is 0 Å². The van der Waals surface area contributed by atoms with Crippen molar-refractivity contribution in [1.29, 1.82) is 0 Å². The molecule has 0 spiro atoms. The number of likely N-dealkylation sites (tertiary alicyclic amines) is 2. The van der Waals surface area contributed by atoms with E-state index in [9.17, 15) is 4.79 Å². The number of piperidine rings is 2. The van der Waals surface area contributed by atoms with E-state index in [1.165, 1.54) is 19.4 Å². The van der Waals surface area contributed by atoms with Crippen LogP contribution in [-0.4, -0.2) is 55.0 Å². The Morgan fingerprint density at radius 3 is 2.89 bits per heavy atom. The molecule has 2 fully saturated rings. The smallest absolute Gasteiger partial charge is 0.222 e. The summed E-state index contributed by atoms with van der Waals surface area (Å²) in [6.45, 7) is 3.86. The first-order valence-electron chi connectivity index (χ1n) is 7.40. The maximum atomic E-state index is 12.1. The number of hydrogen-bond donors (Lipinski definition) is 1. The molecule has 0 bridgehead atoms. The van der Waals surface area contributed by atoms with E-state index in [1.807, 2.05) is 0 Å². The molecule has 2 unspecified atom stereocenters. The molecule has 4 nitrogen and oxygen atoms in total. The van der Waals surface area contributed by atoms with Gasteiger partial charge in [-0.2, -0.15) is 0 Å². The number of fused-ring (bicyclic) bond motifs is 1. The van der Waals surface area contributed by atoms with Crippen LogP contribution in [0.4, 0.5) is 0 Å². The minimum atomic E-state index is 0.343. The molecule has 2 N–H and O–H groups in total. The van der Waals surface area contributed by atoms with Gasteiger partial charge < -0.3 is 15.5 Å². The maximum absolute atomic E-state index is 12.1. The lowest BCUT2D eigenvalue weighted by atomic mass is 9.84. The van der Waals surface area contributed by atoms with Gasteiger partial charge in [-0.3, -0.25) is 4.79 Å². The third-order valence-electron chi connectivity index (χ3n) is 4.54. The van der Waals surface area contributed by atoms with Crippen LogP contribution in [0.15, 0.2) is 0 Å². The summed E-state index contributed by atoms with van der Waals surface area (Å²) in [7, 11) is 2.23. The Balaban J connectivity index is 1.81. The van der Waals surface area contributed by atoms with Crippen LogP contribution in [0, 0.1) is 5.92 Å². The number of unbranched alkanes of at least 4 members (excludes halogenated alkanes) is 1. The number of carbonyl (C=O) groups is 1. The van der Waals surface area contributed by atoms with Crippen molar-refractivity contribution in [1.82, 2.24) is 9.80 Å². The number of nitrogens with two attached hydrogens (primary N) is 1. The highest BCUT2D eigenvalue weighted by molar-refractivity contribution is 5.76. The van der Waals surface area contributed by atoms with E-state index in [-0.39, 0.29) is 0 Å². The Bertz CT molecular complexity index is 282. The number of rotatable bonds is 4. The van der Waals surface area contributed by atoms with E-state index < -0.39 is 0 Å². The molecule has 2 heterocycles. The fourth-order valence-electron chi connectivity index (χ4n) is 3.46. The van der Waals surface area contributed by atoms with Crippen molar-refractivity contribution < 1.29 is 4.79 Å². The van der Waals surface area contributed by atoms with Gasteiger partial charge in [0.2, 0.25) is 5.91 Å². The predicted octanol–water partition coefficient (Wildman–Crippen LogP) is 1.06. The Kier molecular flexibility index (Phi) is 5.01. The lowest BCUT2D eigenvalue weighted by Gasteiger charge is -2.46. The van der Waals surface area contributed by atoms with Gasteiger partial charge in [0.25, 0.3) is 0 Å². The minimum Gasteiger partial charge on any atom is -0.342 e. The third kappa shape index (κ3) is 3.23. The Labute approximate surface area is 110 Å². The number of amides is 1. The SMILES string of the molecule is CN1CCCC2CN(C(=O)CCCCN)CCC21. The molecular weight excluding hydrogens is 226 g/mol. The molecule has 2 atom stereocenters. The van der Waals surface area contributed by atoms with Gasteiger partial charge in [-0.25, -0.2) is 0 Å².